The quantitative estimate of drug-likeness (QED) is 0.0222. The average molecular weight is 1280 g/mol. The highest BCUT2D eigenvalue weighted by atomic mass is 31.2. The van der Waals surface area contributed by atoms with Gasteiger partial charge in [-0.05, 0) is 43.4 Å². The number of unbranched alkanes of at least 4 members (excludes halogenated alkanes) is 34. The number of carbonyl (C=O) groups is 4. The van der Waals surface area contributed by atoms with Crippen molar-refractivity contribution in [2.45, 2.75) is 356 Å². The van der Waals surface area contributed by atoms with Gasteiger partial charge >= 0.3 is 39.5 Å². The molecule has 0 spiro atoms. The zero-order chi connectivity index (χ0) is 64.5. The van der Waals surface area contributed by atoms with Crippen LogP contribution in [0.2, 0.25) is 0 Å². The highest BCUT2D eigenvalue weighted by Crippen LogP contribution is 2.45. The van der Waals surface area contributed by atoms with Crippen LogP contribution in [0.25, 0.3) is 0 Å². The first-order valence-electron chi connectivity index (χ1n) is 35.3. The molecule has 87 heavy (non-hydrogen) atoms. The molecular weight excluding hydrogens is 1150 g/mol. The molecule has 0 aliphatic rings. The smallest absolute Gasteiger partial charge is 0.462 e. The molecule has 0 aliphatic carbocycles. The number of ether oxygens (including phenoxy) is 4. The summed E-state index contributed by atoms with van der Waals surface area (Å²) in [6, 6.07) is 0. The summed E-state index contributed by atoms with van der Waals surface area (Å²) in [5.41, 5.74) is 0. The van der Waals surface area contributed by atoms with Crippen LogP contribution in [0.1, 0.15) is 337 Å². The first-order valence-corrected chi connectivity index (χ1v) is 38.3. The van der Waals surface area contributed by atoms with Gasteiger partial charge in [-0.15, -0.1) is 0 Å². The second kappa shape index (κ2) is 59.1. The van der Waals surface area contributed by atoms with Gasteiger partial charge in [-0.3, -0.25) is 37.3 Å². The molecule has 0 saturated carbocycles. The van der Waals surface area contributed by atoms with E-state index < -0.39 is 97.5 Å². The number of phosphoric ester groups is 2. The number of phosphoric acid groups is 2. The van der Waals surface area contributed by atoms with Crippen LogP contribution in [-0.2, 0) is 65.4 Å². The molecular formula is C68H132O17P2. The van der Waals surface area contributed by atoms with E-state index in [1.807, 2.05) is 0 Å². The second-order valence-electron chi connectivity index (χ2n) is 26.0. The zero-order valence-corrected chi connectivity index (χ0v) is 58.3. The van der Waals surface area contributed by atoms with E-state index in [9.17, 15) is 43.2 Å². The van der Waals surface area contributed by atoms with Gasteiger partial charge in [0.1, 0.15) is 19.3 Å². The van der Waals surface area contributed by atoms with Crippen LogP contribution in [0.4, 0.5) is 0 Å². The van der Waals surface area contributed by atoms with Gasteiger partial charge in [0, 0.05) is 25.7 Å². The van der Waals surface area contributed by atoms with Crippen molar-refractivity contribution < 1.29 is 80.2 Å². The highest BCUT2D eigenvalue weighted by Gasteiger charge is 2.30. The van der Waals surface area contributed by atoms with E-state index in [4.69, 9.17) is 37.0 Å². The molecule has 0 radical (unpaired) electrons. The van der Waals surface area contributed by atoms with Crippen LogP contribution in [0, 0.1) is 17.8 Å². The van der Waals surface area contributed by atoms with Crippen LogP contribution < -0.4 is 0 Å². The molecule has 5 atom stereocenters. The average Bonchev–Trinajstić information content (AvgIpc) is 3.59. The van der Waals surface area contributed by atoms with Gasteiger partial charge in [0.25, 0.3) is 0 Å². The Morgan fingerprint density at radius 1 is 0.310 bits per heavy atom. The second-order valence-corrected chi connectivity index (χ2v) is 28.9. The molecule has 0 aliphatic heterocycles. The van der Waals surface area contributed by atoms with Crippen molar-refractivity contribution in [3.05, 3.63) is 0 Å². The fourth-order valence-electron chi connectivity index (χ4n) is 10.2. The Labute approximate surface area is 530 Å². The van der Waals surface area contributed by atoms with Crippen molar-refractivity contribution in [3.63, 3.8) is 0 Å². The third kappa shape index (κ3) is 62.6. The molecule has 0 saturated heterocycles. The SMILES string of the molecule is CCCCCCCCCCC(=O)OC[C@H](COP(=O)(O)OC[C@H](O)COP(=O)(O)OC[C@@H](COC(=O)CCCCCCCCCCCCC(C)C)OC(=O)CCCCCCCCCCCCCC(C)C)OC(=O)CCCCCCCCCCCC(C)C. The highest BCUT2D eigenvalue weighted by molar-refractivity contribution is 7.47. The van der Waals surface area contributed by atoms with Crippen molar-refractivity contribution in [1.29, 1.82) is 0 Å². The van der Waals surface area contributed by atoms with E-state index in [1.54, 1.807) is 0 Å². The summed E-state index contributed by atoms with van der Waals surface area (Å²) < 4.78 is 68.1. The minimum Gasteiger partial charge on any atom is -0.462 e. The summed E-state index contributed by atoms with van der Waals surface area (Å²) in [6.07, 6.45) is 41.7. The minimum atomic E-state index is -4.95. The summed E-state index contributed by atoms with van der Waals surface area (Å²) in [6.45, 7) is 11.8. The lowest BCUT2D eigenvalue weighted by molar-refractivity contribution is -0.161. The number of aliphatic hydroxyl groups is 1. The maximum absolute atomic E-state index is 13.0. The molecule has 2 unspecified atom stereocenters. The Balaban J connectivity index is 5.24. The number of aliphatic hydroxyl groups excluding tert-OH is 1. The van der Waals surface area contributed by atoms with Crippen LogP contribution in [0.15, 0.2) is 0 Å². The summed E-state index contributed by atoms with van der Waals surface area (Å²) in [7, 11) is -9.89. The summed E-state index contributed by atoms with van der Waals surface area (Å²) in [5.74, 6) is 0.129. The van der Waals surface area contributed by atoms with Gasteiger partial charge < -0.3 is 33.8 Å². The molecule has 0 aromatic carbocycles. The largest absolute Gasteiger partial charge is 0.472 e. The maximum atomic E-state index is 13.0. The van der Waals surface area contributed by atoms with Gasteiger partial charge in [0.05, 0.1) is 26.4 Å². The van der Waals surface area contributed by atoms with E-state index in [0.29, 0.717) is 25.7 Å². The summed E-state index contributed by atoms with van der Waals surface area (Å²) in [5, 5.41) is 10.6. The Kier molecular flexibility index (Phi) is 57.8. The van der Waals surface area contributed by atoms with E-state index >= 15 is 0 Å². The lowest BCUT2D eigenvalue weighted by Gasteiger charge is -2.21. The first-order chi connectivity index (χ1) is 41.7. The van der Waals surface area contributed by atoms with Crippen molar-refractivity contribution in [1.82, 2.24) is 0 Å². The lowest BCUT2D eigenvalue weighted by atomic mass is 10.0. The number of rotatable bonds is 66. The van der Waals surface area contributed by atoms with Crippen molar-refractivity contribution in [3.8, 4) is 0 Å². The summed E-state index contributed by atoms with van der Waals surface area (Å²) in [4.78, 5) is 72.4. The molecule has 3 N–H and O–H groups in total. The minimum absolute atomic E-state index is 0.105. The molecule has 0 aromatic heterocycles. The van der Waals surface area contributed by atoms with Gasteiger partial charge in [-0.25, -0.2) is 9.13 Å². The maximum Gasteiger partial charge on any atom is 0.472 e. The molecule has 516 valence electrons. The first kappa shape index (κ1) is 85.1. The fraction of sp³-hybridized carbons (Fsp3) is 0.941. The van der Waals surface area contributed by atoms with Gasteiger partial charge in [-0.1, -0.05) is 286 Å². The van der Waals surface area contributed by atoms with Crippen molar-refractivity contribution in [2.24, 2.45) is 17.8 Å². The Morgan fingerprint density at radius 3 is 0.782 bits per heavy atom. The topological polar surface area (TPSA) is 237 Å². The third-order valence-corrected chi connectivity index (χ3v) is 17.5. The number of carbonyl (C=O) groups excluding carboxylic acids is 4. The number of esters is 4. The predicted octanol–water partition coefficient (Wildman–Crippen LogP) is 19.1. The molecule has 0 rings (SSSR count). The van der Waals surface area contributed by atoms with Gasteiger partial charge in [0.2, 0.25) is 0 Å². The predicted molar refractivity (Wildman–Crippen MR) is 349 cm³/mol. The van der Waals surface area contributed by atoms with Crippen LogP contribution in [0.5, 0.6) is 0 Å². The molecule has 19 heteroatoms. The van der Waals surface area contributed by atoms with Gasteiger partial charge in [-0.2, -0.15) is 0 Å². The molecule has 0 bridgehead atoms. The van der Waals surface area contributed by atoms with E-state index in [2.05, 4.69) is 48.5 Å². The van der Waals surface area contributed by atoms with E-state index in [-0.39, 0.29) is 25.7 Å². The molecule has 0 aromatic rings. The van der Waals surface area contributed by atoms with Crippen LogP contribution in [-0.4, -0.2) is 96.7 Å². The molecule has 0 heterocycles. The van der Waals surface area contributed by atoms with Gasteiger partial charge in [0.15, 0.2) is 12.2 Å². The van der Waals surface area contributed by atoms with Crippen molar-refractivity contribution in [2.75, 3.05) is 39.6 Å². The zero-order valence-electron chi connectivity index (χ0n) is 56.5. The van der Waals surface area contributed by atoms with E-state index in [0.717, 1.165) is 114 Å². The fourth-order valence-corrected chi connectivity index (χ4v) is 11.8. The lowest BCUT2D eigenvalue weighted by Crippen LogP contribution is -2.30. The Morgan fingerprint density at radius 2 is 0.529 bits per heavy atom. The number of hydrogen-bond acceptors (Lipinski definition) is 15. The van der Waals surface area contributed by atoms with Crippen LogP contribution >= 0.6 is 15.6 Å². The van der Waals surface area contributed by atoms with E-state index in [1.165, 1.54) is 141 Å². The number of hydrogen-bond donors (Lipinski definition) is 3. The standard InChI is InChI=1S/C68H132O17P2/c1-8-9-10-11-12-28-35-42-49-65(70)78-55-63(85-68(73)52-45-38-31-24-18-21-27-34-41-48-61(6)7)57-82-86(74,75)80-53-62(69)54-81-87(76,77)83-58-64(56-79-66(71)50-43-36-29-22-17-16-20-26-33-40-47-60(4)5)84-67(72)51-44-37-30-23-15-13-14-19-25-32-39-46-59(2)3/h59-64,69H,8-58H2,1-7H3,(H,74,75)(H,76,77)/t62-,63+,64+/m0/s1. The molecule has 0 fully saturated rings. The van der Waals surface area contributed by atoms with Crippen LogP contribution in [0.3, 0.4) is 0 Å². The molecule has 17 nitrogen and oxygen atoms in total. The Bertz CT molecular complexity index is 1720. The normalized spacial score (nSPS) is 14.3. The third-order valence-electron chi connectivity index (χ3n) is 15.6. The Hall–Kier alpha value is -1.94. The monoisotopic (exact) mass is 1280 g/mol. The molecule has 0 amide bonds. The van der Waals surface area contributed by atoms with Crippen molar-refractivity contribution >= 4 is 39.5 Å². The summed E-state index contributed by atoms with van der Waals surface area (Å²) >= 11 is 0.